The SMILES string of the molecule is CCCNc1nnc(C(=O)NCCCCC(N)=O)s1. The molecule has 0 radical (unpaired) electrons. The number of carbonyl (C=O) groups is 2. The number of aromatic nitrogens is 2. The van der Waals surface area contributed by atoms with Crippen molar-refractivity contribution in [1.29, 1.82) is 0 Å². The predicted molar refractivity (Wildman–Crippen MR) is 74.1 cm³/mol. The van der Waals surface area contributed by atoms with E-state index in [0.29, 0.717) is 35.9 Å². The lowest BCUT2D eigenvalue weighted by atomic mass is 10.2. The number of hydrogen-bond acceptors (Lipinski definition) is 6. The van der Waals surface area contributed by atoms with Gasteiger partial charge in [-0.15, -0.1) is 10.2 Å². The molecule has 7 nitrogen and oxygen atoms in total. The molecule has 0 saturated carbocycles. The molecule has 0 aromatic carbocycles. The second-order valence-electron chi connectivity index (χ2n) is 4.02. The molecule has 4 N–H and O–H groups in total. The van der Waals surface area contributed by atoms with E-state index in [0.717, 1.165) is 13.0 Å². The Morgan fingerprint density at radius 1 is 1.26 bits per heavy atom. The fraction of sp³-hybridized carbons (Fsp3) is 0.636. The van der Waals surface area contributed by atoms with Gasteiger partial charge in [-0.2, -0.15) is 0 Å². The van der Waals surface area contributed by atoms with Crippen LogP contribution in [0.5, 0.6) is 0 Å². The highest BCUT2D eigenvalue weighted by atomic mass is 32.1. The Morgan fingerprint density at radius 3 is 2.74 bits per heavy atom. The summed E-state index contributed by atoms with van der Waals surface area (Å²) in [6.07, 6.45) is 2.73. The van der Waals surface area contributed by atoms with Crippen molar-refractivity contribution >= 4 is 28.3 Å². The van der Waals surface area contributed by atoms with Gasteiger partial charge in [-0.05, 0) is 19.3 Å². The van der Waals surface area contributed by atoms with E-state index in [-0.39, 0.29) is 11.8 Å². The summed E-state index contributed by atoms with van der Waals surface area (Å²) in [7, 11) is 0. The normalized spacial score (nSPS) is 10.2. The van der Waals surface area contributed by atoms with Crippen LogP contribution in [0.1, 0.15) is 42.4 Å². The van der Waals surface area contributed by atoms with Gasteiger partial charge in [0.25, 0.3) is 5.91 Å². The van der Waals surface area contributed by atoms with Gasteiger partial charge in [0.15, 0.2) is 0 Å². The topological polar surface area (TPSA) is 110 Å². The first-order valence-corrected chi connectivity index (χ1v) is 7.09. The van der Waals surface area contributed by atoms with Crippen LogP contribution in [0.4, 0.5) is 5.13 Å². The molecular formula is C11H19N5O2S. The standard InChI is InChI=1S/C11H19N5O2S/c1-2-6-14-11-16-15-10(19-11)9(18)13-7-4-3-5-8(12)17/h2-7H2,1H3,(H2,12,17)(H,13,18)(H,14,16). The Hall–Kier alpha value is -1.70. The number of unbranched alkanes of at least 4 members (excludes halogenated alkanes) is 1. The van der Waals surface area contributed by atoms with E-state index in [9.17, 15) is 9.59 Å². The average molecular weight is 285 g/mol. The van der Waals surface area contributed by atoms with Gasteiger partial charge in [-0.1, -0.05) is 18.3 Å². The van der Waals surface area contributed by atoms with Crippen molar-refractivity contribution in [2.75, 3.05) is 18.4 Å². The number of amides is 2. The molecule has 0 bridgehead atoms. The Bertz CT molecular complexity index is 421. The van der Waals surface area contributed by atoms with Crippen molar-refractivity contribution in [1.82, 2.24) is 15.5 Å². The van der Waals surface area contributed by atoms with Gasteiger partial charge in [-0.25, -0.2) is 0 Å². The molecule has 0 aliphatic heterocycles. The number of nitrogens with two attached hydrogens (primary N) is 1. The summed E-state index contributed by atoms with van der Waals surface area (Å²) < 4.78 is 0. The molecule has 1 aromatic rings. The third-order valence-electron chi connectivity index (χ3n) is 2.28. The second kappa shape index (κ2) is 8.41. The van der Waals surface area contributed by atoms with Crippen molar-refractivity contribution < 1.29 is 9.59 Å². The summed E-state index contributed by atoms with van der Waals surface area (Å²) >= 11 is 1.23. The van der Waals surface area contributed by atoms with Crippen molar-refractivity contribution in [3.8, 4) is 0 Å². The van der Waals surface area contributed by atoms with Crippen molar-refractivity contribution in [2.24, 2.45) is 5.73 Å². The van der Waals surface area contributed by atoms with Crippen molar-refractivity contribution in [3.05, 3.63) is 5.01 Å². The molecule has 19 heavy (non-hydrogen) atoms. The number of primary amides is 1. The predicted octanol–water partition coefficient (Wildman–Crippen LogP) is 0.745. The molecule has 0 saturated heterocycles. The van der Waals surface area contributed by atoms with Crippen LogP contribution in [0.25, 0.3) is 0 Å². The Morgan fingerprint density at radius 2 is 2.05 bits per heavy atom. The van der Waals surface area contributed by atoms with Crippen LogP contribution >= 0.6 is 11.3 Å². The lowest BCUT2D eigenvalue weighted by molar-refractivity contribution is -0.118. The van der Waals surface area contributed by atoms with Crippen LogP contribution in [-0.4, -0.2) is 35.1 Å². The third-order valence-corrected chi connectivity index (χ3v) is 3.16. The van der Waals surface area contributed by atoms with Gasteiger partial charge < -0.3 is 16.4 Å². The maximum atomic E-state index is 11.7. The maximum Gasteiger partial charge on any atom is 0.282 e. The number of rotatable bonds is 9. The fourth-order valence-corrected chi connectivity index (χ4v) is 2.01. The maximum absolute atomic E-state index is 11.7. The van der Waals surface area contributed by atoms with Crippen molar-refractivity contribution in [3.63, 3.8) is 0 Å². The summed E-state index contributed by atoms with van der Waals surface area (Å²) in [5.41, 5.74) is 5.02. The minimum absolute atomic E-state index is 0.235. The molecule has 0 aliphatic rings. The van der Waals surface area contributed by atoms with Crippen LogP contribution < -0.4 is 16.4 Å². The van der Waals surface area contributed by atoms with Crippen LogP contribution in [0.2, 0.25) is 0 Å². The molecule has 2 amide bonds. The second-order valence-corrected chi connectivity index (χ2v) is 5.00. The van der Waals surface area contributed by atoms with Gasteiger partial charge in [0.05, 0.1) is 0 Å². The molecule has 0 aliphatic carbocycles. The lowest BCUT2D eigenvalue weighted by Gasteiger charge is -2.01. The van der Waals surface area contributed by atoms with Crippen LogP contribution in [0, 0.1) is 0 Å². The molecule has 0 atom stereocenters. The zero-order valence-electron chi connectivity index (χ0n) is 10.9. The number of carbonyl (C=O) groups excluding carboxylic acids is 2. The Kier molecular flexibility index (Phi) is 6.80. The van der Waals surface area contributed by atoms with E-state index in [4.69, 9.17) is 5.73 Å². The monoisotopic (exact) mass is 285 g/mol. The quantitative estimate of drug-likeness (QED) is 0.580. The molecule has 106 valence electrons. The fourth-order valence-electron chi connectivity index (χ4n) is 1.32. The number of nitrogens with zero attached hydrogens (tertiary/aromatic N) is 2. The number of hydrogen-bond donors (Lipinski definition) is 3. The minimum atomic E-state index is -0.318. The van der Waals surface area contributed by atoms with Crippen molar-refractivity contribution in [2.45, 2.75) is 32.6 Å². The zero-order valence-corrected chi connectivity index (χ0v) is 11.8. The highest BCUT2D eigenvalue weighted by Crippen LogP contribution is 2.14. The van der Waals surface area contributed by atoms with Crippen LogP contribution in [0.15, 0.2) is 0 Å². The van der Waals surface area contributed by atoms with Gasteiger partial charge in [0.2, 0.25) is 16.0 Å². The molecule has 1 heterocycles. The highest BCUT2D eigenvalue weighted by Gasteiger charge is 2.11. The smallest absolute Gasteiger partial charge is 0.282 e. The average Bonchev–Trinajstić information content (AvgIpc) is 2.84. The number of anilines is 1. The van der Waals surface area contributed by atoms with Gasteiger partial charge >= 0.3 is 0 Å². The van der Waals surface area contributed by atoms with E-state index >= 15 is 0 Å². The van der Waals surface area contributed by atoms with E-state index in [2.05, 4.69) is 20.8 Å². The van der Waals surface area contributed by atoms with Crippen LogP contribution in [0.3, 0.4) is 0 Å². The summed E-state index contributed by atoms with van der Waals surface area (Å²) in [5.74, 6) is -0.553. The lowest BCUT2D eigenvalue weighted by Crippen LogP contribution is -2.24. The van der Waals surface area contributed by atoms with Gasteiger partial charge in [0, 0.05) is 19.5 Å². The van der Waals surface area contributed by atoms with Gasteiger partial charge in [0.1, 0.15) is 0 Å². The van der Waals surface area contributed by atoms with E-state index in [1.807, 2.05) is 6.92 Å². The third kappa shape index (κ3) is 6.14. The first-order valence-electron chi connectivity index (χ1n) is 6.27. The minimum Gasteiger partial charge on any atom is -0.370 e. The highest BCUT2D eigenvalue weighted by molar-refractivity contribution is 7.17. The molecule has 1 rings (SSSR count). The summed E-state index contributed by atoms with van der Waals surface area (Å²) in [6.45, 7) is 3.36. The molecule has 0 spiro atoms. The molecule has 1 aromatic heterocycles. The molecular weight excluding hydrogens is 266 g/mol. The first kappa shape index (κ1) is 15.4. The molecule has 0 unspecified atom stereocenters. The van der Waals surface area contributed by atoms with E-state index < -0.39 is 0 Å². The summed E-state index contributed by atoms with van der Waals surface area (Å²) in [6, 6.07) is 0. The first-order chi connectivity index (χ1) is 9.13. The van der Waals surface area contributed by atoms with E-state index in [1.165, 1.54) is 11.3 Å². The van der Waals surface area contributed by atoms with Gasteiger partial charge in [-0.3, -0.25) is 9.59 Å². The van der Waals surface area contributed by atoms with E-state index in [1.54, 1.807) is 0 Å². The summed E-state index contributed by atoms with van der Waals surface area (Å²) in [5, 5.41) is 14.5. The molecule has 0 fully saturated rings. The van der Waals surface area contributed by atoms with Crippen LogP contribution in [-0.2, 0) is 4.79 Å². The Labute approximate surface area is 116 Å². The summed E-state index contributed by atoms with van der Waals surface area (Å²) in [4.78, 5) is 22.2. The largest absolute Gasteiger partial charge is 0.370 e. The zero-order chi connectivity index (χ0) is 14.1. The molecule has 8 heteroatoms. The Balaban J connectivity index is 2.25. The number of nitrogens with one attached hydrogen (secondary N) is 2.